The molecule has 212 valence electrons. The summed E-state index contributed by atoms with van der Waals surface area (Å²) in [5.41, 5.74) is 3.54. The van der Waals surface area contributed by atoms with Gasteiger partial charge in [-0.25, -0.2) is 0 Å². The Hall–Kier alpha value is -1.85. The van der Waals surface area contributed by atoms with Crippen LogP contribution < -0.4 is 0 Å². The quantitative estimate of drug-likeness (QED) is 0.431. The zero-order valence-electron chi connectivity index (χ0n) is 22.1. The number of nitrogens with one attached hydrogen (secondary N) is 1. The number of para-hydroxylation sites is 1. The molecule has 3 heterocycles. The molecule has 2 fully saturated rings. The molecule has 0 unspecified atom stereocenters. The van der Waals surface area contributed by atoms with Crippen LogP contribution in [-0.4, -0.2) is 91.1 Å². The fraction of sp³-hybridized carbons (Fsp3) is 0.444. The van der Waals surface area contributed by atoms with Crippen LogP contribution in [0.5, 0.6) is 0 Å². The van der Waals surface area contributed by atoms with E-state index in [-0.39, 0.29) is 31.4 Å². The van der Waals surface area contributed by atoms with Gasteiger partial charge < -0.3 is 9.88 Å². The minimum Gasteiger partial charge on any atom is -0.350 e. The smallest absolute Gasteiger partial charge is 0.281 e. The van der Waals surface area contributed by atoms with Gasteiger partial charge >= 0.3 is 0 Å². The van der Waals surface area contributed by atoms with Crippen molar-refractivity contribution in [3.63, 3.8) is 0 Å². The third kappa shape index (κ3) is 6.10. The molecule has 3 aromatic rings. The molecule has 0 bridgehead atoms. The highest BCUT2D eigenvalue weighted by atomic mass is 35.5. The minimum absolute atomic E-state index is 0. The lowest BCUT2D eigenvalue weighted by molar-refractivity contribution is 0.0687. The highest BCUT2D eigenvalue weighted by Gasteiger charge is 2.33. The first kappa shape index (κ1) is 30.1. The lowest BCUT2D eigenvalue weighted by Crippen LogP contribution is -2.53. The number of piperidine rings is 1. The Labute approximate surface area is 246 Å². The summed E-state index contributed by atoms with van der Waals surface area (Å²) in [6.07, 6.45) is 1.88. The van der Waals surface area contributed by atoms with Crippen molar-refractivity contribution in [1.82, 2.24) is 23.4 Å². The van der Waals surface area contributed by atoms with Crippen LogP contribution in [0.4, 0.5) is 0 Å². The number of fused-ring (bicyclic) bond motifs is 1. The zero-order valence-corrected chi connectivity index (χ0v) is 25.2. The van der Waals surface area contributed by atoms with Gasteiger partial charge in [0.15, 0.2) is 0 Å². The molecule has 2 saturated heterocycles. The van der Waals surface area contributed by atoms with Crippen molar-refractivity contribution in [1.29, 1.82) is 0 Å². The summed E-state index contributed by atoms with van der Waals surface area (Å²) in [5, 5.41) is 2.49. The zero-order chi connectivity index (χ0) is 27.0. The standard InChI is InChI=1S/C27H33Cl2N5O3S.ClH/c1-31(2)38(36,37)34-16-14-33(15-17-34)27(35)26-21(20-6-3-4-9-24(20)30-26)18-32-12-10-19(11-13-32)25-22(28)7-5-8-23(25)29;/h3-9,19,30H,10-18H2,1-2H3;1H. The van der Waals surface area contributed by atoms with Crippen molar-refractivity contribution in [2.75, 3.05) is 53.4 Å². The van der Waals surface area contributed by atoms with Crippen molar-refractivity contribution >= 4 is 62.6 Å². The van der Waals surface area contributed by atoms with E-state index >= 15 is 0 Å². The van der Waals surface area contributed by atoms with Crippen LogP contribution in [0.15, 0.2) is 42.5 Å². The number of hydrogen-bond acceptors (Lipinski definition) is 4. The van der Waals surface area contributed by atoms with Crippen molar-refractivity contribution in [2.45, 2.75) is 25.3 Å². The van der Waals surface area contributed by atoms with Crippen molar-refractivity contribution < 1.29 is 13.2 Å². The number of hydrogen-bond donors (Lipinski definition) is 1. The molecule has 39 heavy (non-hydrogen) atoms. The fourth-order valence-electron chi connectivity index (χ4n) is 5.56. The molecule has 0 saturated carbocycles. The monoisotopic (exact) mass is 613 g/mol. The van der Waals surface area contributed by atoms with Crippen molar-refractivity contribution in [3.8, 4) is 0 Å². The molecule has 0 aliphatic carbocycles. The number of carbonyl (C=O) groups excluding carboxylic acids is 1. The van der Waals surface area contributed by atoms with Crippen LogP contribution in [0.2, 0.25) is 10.0 Å². The molecule has 2 aliphatic rings. The van der Waals surface area contributed by atoms with Gasteiger partial charge in [0.05, 0.1) is 0 Å². The van der Waals surface area contributed by atoms with E-state index in [9.17, 15) is 13.2 Å². The number of likely N-dealkylation sites (tertiary alicyclic amines) is 1. The number of piperazine rings is 1. The van der Waals surface area contributed by atoms with Crippen LogP contribution in [0.25, 0.3) is 10.9 Å². The second-order valence-corrected chi connectivity index (χ2v) is 13.1. The predicted octanol–water partition coefficient (Wildman–Crippen LogP) is 4.84. The molecule has 2 aromatic carbocycles. The Morgan fingerprint density at radius 1 is 0.949 bits per heavy atom. The van der Waals surface area contributed by atoms with Gasteiger partial charge in [0, 0.05) is 73.3 Å². The average molecular weight is 615 g/mol. The number of H-pyrrole nitrogens is 1. The van der Waals surface area contributed by atoms with Crippen LogP contribution in [0.1, 0.15) is 40.4 Å². The fourth-order valence-corrected chi connectivity index (χ4v) is 7.35. The molecule has 0 spiro atoms. The van der Waals surface area contributed by atoms with Crippen LogP contribution in [-0.2, 0) is 16.8 Å². The van der Waals surface area contributed by atoms with Gasteiger partial charge in [-0.05, 0) is 55.6 Å². The van der Waals surface area contributed by atoms with E-state index < -0.39 is 10.2 Å². The van der Waals surface area contributed by atoms with Gasteiger partial charge in [0.25, 0.3) is 16.1 Å². The molecule has 0 radical (unpaired) electrons. The maximum Gasteiger partial charge on any atom is 0.281 e. The number of nitrogens with zero attached hydrogens (tertiary/aromatic N) is 4. The first-order chi connectivity index (χ1) is 18.2. The van der Waals surface area contributed by atoms with Crippen molar-refractivity contribution in [2.24, 2.45) is 0 Å². The first-order valence-electron chi connectivity index (χ1n) is 12.9. The molecular formula is C27H34Cl3N5O3S. The summed E-state index contributed by atoms with van der Waals surface area (Å²) in [5.74, 6) is 0.224. The van der Waals surface area contributed by atoms with Crippen LogP contribution in [0.3, 0.4) is 0 Å². The Bertz CT molecular complexity index is 1410. The Kier molecular flexibility index (Phi) is 9.53. The lowest BCUT2D eigenvalue weighted by Gasteiger charge is -2.35. The topological polar surface area (TPSA) is 80.0 Å². The van der Waals surface area contributed by atoms with Gasteiger partial charge in [0.1, 0.15) is 5.69 Å². The Morgan fingerprint density at radius 3 is 2.18 bits per heavy atom. The average Bonchev–Trinajstić information content (AvgIpc) is 3.27. The van der Waals surface area contributed by atoms with E-state index in [1.165, 1.54) is 22.7 Å². The van der Waals surface area contributed by atoms with E-state index in [1.54, 1.807) is 4.90 Å². The summed E-state index contributed by atoms with van der Waals surface area (Å²) in [4.78, 5) is 21.2. The number of aromatic amines is 1. The molecule has 0 atom stereocenters. The number of aromatic nitrogens is 1. The third-order valence-corrected chi connectivity index (χ3v) is 10.3. The molecule has 5 rings (SSSR count). The predicted molar refractivity (Wildman–Crippen MR) is 159 cm³/mol. The number of rotatable bonds is 6. The summed E-state index contributed by atoms with van der Waals surface area (Å²) in [7, 11) is -0.447. The minimum atomic E-state index is -3.49. The van der Waals surface area contributed by atoms with E-state index in [0.717, 1.165) is 58.0 Å². The molecular weight excluding hydrogens is 581 g/mol. The number of halogens is 3. The molecule has 8 nitrogen and oxygen atoms in total. The largest absolute Gasteiger partial charge is 0.350 e. The number of amides is 1. The maximum absolute atomic E-state index is 13.7. The highest BCUT2D eigenvalue weighted by Crippen LogP contribution is 2.38. The summed E-state index contributed by atoms with van der Waals surface area (Å²) in [6.45, 7) is 3.67. The van der Waals surface area contributed by atoms with E-state index in [0.29, 0.717) is 31.2 Å². The normalized spacial score (nSPS) is 18.0. The molecule has 1 amide bonds. The second-order valence-electron chi connectivity index (χ2n) is 10.2. The molecule has 2 aliphatic heterocycles. The van der Waals surface area contributed by atoms with Gasteiger partial charge in [-0.3, -0.25) is 9.69 Å². The molecule has 1 N–H and O–H groups in total. The van der Waals surface area contributed by atoms with Gasteiger partial charge in [0.2, 0.25) is 0 Å². The summed E-state index contributed by atoms with van der Waals surface area (Å²) < 4.78 is 27.6. The first-order valence-corrected chi connectivity index (χ1v) is 15.0. The van der Waals surface area contributed by atoms with Crippen LogP contribution in [0, 0.1) is 0 Å². The third-order valence-electron chi connectivity index (χ3n) is 7.72. The van der Waals surface area contributed by atoms with Crippen molar-refractivity contribution in [3.05, 3.63) is 69.3 Å². The summed E-state index contributed by atoms with van der Waals surface area (Å²) in [6, 6.07) is 13.7. The maximum atomic E-state index is 13.7. The number of carbonyl (C=O) groups is 1. The highest BCUT2D eigenvalue weighted by molar-refractivity contribution is 7.86. The second kappa shape index (κ2) is 12.3. The van der Waals surface area contributed by atoms with Gasteiger partial charge in [-0.1, -0.05) is 47.5 Å². The van der Waals surface area contributed by atoms with E-state index in [4.69, 9.17) is 23.2 Å². The Morgan fingerprint density at radius 2 is 1.56 bits per heavy atom. The van der Waals surface area contributed by atoms with E-state index in [1.807, 2.05) is 36.4 Å². The van der Waals surface area contributed by atoms with Crippen LogP contribution >= 0.6 is 35.6 Å². The van der Waals surface area contributed by atoms with E-state index in [2.05, 4.69) is 16.0 Å². The number of benzene rings is 2. The molecule has 1 aromatic heterocycles. The van der Waals surface area contributed by atoms with Gasteiger partial charge in [-0.15, -0.1) is 12.4 Å². The SMILES string of the molecule is CN(C)S(=O)(=O)N1CCN(C(=O)c2[nH]c3ccccc3c2CN2CCC(c3c(Cl)cccc3Cl)CC2)CC1.Cl. The summed E-state index contributed by atoms with van der Waals surface area (Å²) >= 11 is 13.0. The van der Waals surface area contributed by atoms with Gasteiger partial charge in [-0.2, -0.15) is 17.0 Å². The Balaban J connectivity index is 0.00000353. The lowest BCUT2D eigenvalue weighted by atomic mass is 9.89. The molecule has 12 heteroatoms.